The number of aliphatic hydroxyl groups is 4. The number of aromatic nitrogens is 2. The summed E-state index contributed by atoms with van der Waals surface area (Å²) in [7, 11) is -7.53. The lowest BCUT2D eigenvalue weighted by atomic mass is 9.90. The van der Waals surface area contributed by atoms with E-state index in [4.69, 9.17) is 60.1 Å². The fourth-order valence-electron chi connectivity index (χ4n) is 13.6. The summed E-state index contributed by atoms with van der Waals surface area (Å²) < 4.78 is 82.0. The Morgan fingerprint density at radius 2 is 0.934 bits per heavy atom. The molecule has 6 aliphatic rings. The molecule has 3 unspecified atom stereocenters. The van der Waals surface area contributed by atoms with Crippen LogP contribution in [-0.2, 0) is 87.0 Å². The number of hydrogen-bond acceptors (Lipinski definition) is 28. The third-order valence-electron chi connectivity index (χ3n) is 20.8. The number of nitrogens with zero attached hydrogens (tertiary/aromatic N) is 3. The molecule has 34 nitrogen and oxygen atoms in total. The van der Waals surface area contributed by atoms with Crippen molar-refractivity contribution in [3.8, 4) is 11.8 Å². The Labute approximate surface area is 707 Å². The molecule has 4 aromatic rings. The van der Waals surface area contributed by atoms with Crippen molar-refractivity contribution in [2.24, 2.45) is 46.2 Å². The van der Waals surface area contributed by atoms with E-state index in [0.29, 0.717) is 56.8 Å². The number of amides is 3. The lowest BCUT2D eigenvalue weighted by Crippen LogP contribution is -2.48. The van der Waals surface area contributed by atoms with Gasteiger partial charge >= 0.3 is 35.8 Å². The van der Waals surface area contributed by atoms with Gasteiger partial charge in [-0.15, -0.1) is 13.2 Å². The first kappa shape index (κ1) is 102. The highest BCUT2D eigenvalue weighted by Gasteiger charge is 2.63. The van der Waals surface area contributed by atoms with Gasteiger partial charge in [0.25, 0.3) is 0 Å². The standard InChI is InChI=1S/C35H45N3O9S.C25H29N3O5S.2C10H18O5.C4H9NO3.CH4/c1-7-23-17-35(23,33(43)37-48(44,45)25-9-10-25)18-29(40)28-15-24(46-31-26-11-8-20(2)14-22(26)12-13-36-31)19-38(28)32(42)27(21(3)39)16-30(41)47-34(4,5)6;1-3-17-12-25(17,24(30)28-34(31,32)19-5-6-19)13-22(29)21-11-18(14-27-21)33-23-20-7-4-15(2)10-16(20)8-9-26-23;2*1-6(11)7(9(13)14)5-8(12)15-10(2,3)4;1-2(6)3(5)4(7)8;/h7-8,11-14,21,23-25,27-28,39H,1,9-10,15-19H2,2-6H3,(H,37,43);3-4,7-10,17-19,21,27H,1,5-6,11-14H2,2H3,(H,28,30);2*6-7,11H,5H2,1-4H3,(H,13,14);2-3,6H,5H2,1H3,(H,7,8);1H4/t21-,23+,24+,27-,28-,35+;17-,18-,21+,25-;2*6-,7?;2-,3?;/m01000./s1. The number of carbonyl (C=O) groups excluding carboxylic acids is 8. The topological polar surface area (TPSA) is 535 Å². The van der Waals surface area contributed by atoms with Gasteiger partial charge in [0, 0.05) is 55.4 Å². The van der Waals surface area contributed by atoms with Crippen LogP contribution < -0.4 is 30.0 Å². The van der Waals surface area contributed by atoms with Gasteiger partial charge in [-0.2, -0.15) is 0 Å². The number of aryl methyl sites for hydroxylation is 2. The Kier molecular flexibility index (Phi) is 35.5. The summed E-state index contributed by atoms with van der Waals surface area (Å²) >= 11 is 0. The van der Waals surface area contributed by atoms with Gasteiger partial charge < -0.3 is 75.4 Å². The van der Waals surface area contributed by atoms with Gasteiger partial charge in [0.05, 0.1) is 101 Å². The number of benzene rings is 2. The van der Waals surface area contributed by atoms with Crippen LogP contribution in [0.2, 0.25) is 0 Å². The third kappa shape index (κ3) is 30.0. The van der Waals surface area contributed by atoms with Gasteiger partial charge in [-0.05, 0) is 189 Å². The van der Waals surface area contributed by atoms with Crippen molar-refractivity contribution < 1.29 is 129 Å². The minimum atomic E-state index is -3.86. The van der Waals surface area contributed by atoms with E-state index in [1.54, 1.807) is 80.8 Å². The number of esters is 3. The summed E-state index contributed by atoms with van der Waals surface area (Å²) in [4.78, 5) is 144. The number of carbonyl (C=O) groups is 11. The predicted octanol–water partition coefficient (Wildman–Crippen LogP) is 6.81. The van der Waals surface area contributed by atoms with Gasteiger partial charge in [-0.3, -0.25) is 62.2 Å². The van der Waals surface area contributed by atoms with Crippen molar-refractivity contribution in [1.82, 2.24) is 29.6 Å². The molecule has 2 aromatic carbocycles. The molecular formula is C85H123N7O27S2. The molecule has 6 fully saturated rings. The largest absolute Gasteiger partial charge is 0.481 e. The lowest BCUT2D eigenvalue weighted by Gasteiger charge is -2.30. The van der Waals surface area contributed by atoms with Crippen molar-refractivity contribution >= 4 is 107 Å². The molecule has 672 valence electrons. The van der Waals surface area contributed by atoms with E-state index in [-0.39, 0.29) is 70.3 Å². The molecule has 36 heteroatoms. The van der Waals surface area contributed by atoms with E-state index in [0.717, 1.165) is 32.7 Å². The number of pyridine rings is 2. The van der Waals surface area contributed by atoms with Crippen LogP contribution in [0, 0.1) is 54.3 Å². The zero-order valence-electron chi connectivity index (χ0n) is 70.7. The maximum Gasteiger partial charge on any atom is 0.323 e. The Bertz CT molecular complexity index is 4610. The molecule has 16 atom stereocenters. The number of fused-ring (bicyclic) bond motifs is 2. The van der Waals surface area contributed by atoms with Crippen LogP contribution in [0.25, 0.3) is 21.5 Å². The average molecular weight is 1740 g/mol. The second kappa shape index (κ2) is 42.1. The van der Waals surface area contributed by atoms with Gasteiger partial charge in [0.15, 0.2) is 11.6 Å². The number of aliphatic carboxylic acids is 3. The zero-order valence-corrected chi connectivity index (χ0v) is 72.4. The molecule has 0 bridgehead atoms. The van der Waals surface area contributed by atoms with Crippen molar-refractivity contribution in [1.29, 1.82) is 0 Å². The number of likely N-dealkylation sites (tertiary alicyclic amines) is 1. The third-order valence-corrected chi connectivity index (χ3v) is 24.4. The quantitative estimate of drug-likeness (QED) is 0.0136. The smallest absolute Gasteiger partial charge is 0.323 e. The number of nitrogens with one attached hydrogen (secondary N) is 3. The summed E-state index contributed by atoms with van der Waals surface area (Å²) in [5.41, 5.74) is 2.67. The van der Waals surface area contributed by atoms with E-state index in [1.165, 1.54) is 38.7 Å². The molecule has 121 heavy (non-hydrogen) atoms. The van der Waals surface area contributed by atoms with Crippen molar-refractivity contribution in [2.45, 2.75) is 277 Å². The highest BCUT2D eigenvalue weighted by atomic mass is 32.2. The van der Waals surface area contributed by atoms with Crippen molar-refractivity contribution in [2.75, 3.05) is 13.1 Å². The number of nitrogens with two attached hydrogens (primary N) is 1. The summed E-state index contributed by atoms with van der Waals surface area (Å²) in [6.07, 6.45) is 3.08. The van der Waals surface area contributed by atoms with Gasteiger partial charge in [0.2, 0.25) is 49.5 Å². The molecule has 2 aromatic heterocycles. The SMILES string of the molecule is C.C=C[C@@H]1C[C@]1(CC(=O)[C@@H]1C[C@@H](Oc2nccc3cc(C)ccc23)CN1)C(=O)NS(=O)(=O)C1CC1.C=C[C@@H]1C[C@]1(CC(=O)[C@@H]1C[C@@H](Oc2nccc3cc(C)ccc23)CN1C(=O)[C@@H](CC(=O)OC(C)(C)C)[C@H](C)O)C(=O)NS(=O)(=O)C1CC1.C[C@H](O)C(CC(=O)OC(C)(C)C)C(=O)O.C[C@H](O)C(CC(=O)OC(C)(C)C)C(=O)O.C[C@H](O)C(N)C(=O)O. The van der Waals surface area contributed by atoms with Crippen LogP contribution in [0.5, 0.6) is 11.8 Å². The number of aliphatic hydroxyl groups excluding tert-OH is 4. The lowest BCUT2D eigenvalue weighted by molar-refractivity contribution is -0.162. The predicted molar refractivity (Wildman–Crippen MR) is 445 cm³/mol. The van der Waals surface area contributed by atoms with Crippen LogP contribution >= 0.6 is 0 Å². The molecular weight excluding hydrogens is 1620 g/mol. The van der Waals surface area contributed by atoms with Crippen molar-refractivity contribution in [3.63, 3.8) is 0 Å². The maximum absolute atomic E-state index is 14.2. The first-order valence-electron chi connectivity index (χ1n) is 39.8. The van der Waals surface area contributed by atoms with Gasteiger partial charge in [0.1, 0.15) is 35.1 Å². The first-order chi connectivity index (χ1) is 55.5. The zero-order chi connectivity index (χ0) is 90.4. The van der Waals surface area contributed by atoms with E-state index < -0.39 is 196 Å². The molecule has 2 aliphatic heterocycles. The Morgan fingerprint density at radius 3 is 1.26 bits per heavy atom. The second-order valence-electron chi connectivity index (χ2n) is 34.8. The van der Waals surface area contributed by atoms with Crippen LogP contribution in [-0.4, -0.2) is 228 Å². The Balaban J connectivity index is 0.000000307. The van der Waals surface area contributed by atoms with E-state index >= 15 is 0 Å². The Morgan fingerprint density at radius 1 is 0.562 bits per heavy atom. The summed E-state index contributed by atoms with van der Waals surface area (Å²) in [5, 5.41) is 68.6. The highest BCUT2D eigenvalue weighted by Crippen LogP contribution is 2.58. The normalized spacial score (nSPS) is 23.0. The number of hydrogen-bond donors (Lipinski definition) is 11. The number of ketones is 2. The number of rotatable bonds is 32. The monoisotopic (exact) mass is 1740 g/mol. The van der Waals surface area contributed by atoms with E-state index in [9.17, 15) is 74.7 Å². The molecule has 4 aliphatic carbocycles. The molecule has 0 radical (unpaired) electrons. The molecule has 10 rings (SSSR count). The number of carboxylic acids is 3. The molecule has 4 saturated carbocycles. The minimum Gasteiger partial charge on any atom is -0.481 e. The molecule has 0 spiro atoms. The van der Waals surface area contributed by atoms with E-state index in [1.807, 2.05) is 56.3 Å². The number of sulfonamides is 2. The summed E-state index contributed by atoms with van der Waals surface area (Å²) in [6, 6.07) is 13.0. The number of allylic oxidation sites excluding steroid dienone is 2. The van der Waals surface area contributed by atoms with Crippen LogP contribution in [0.1, 0.15) is 192 Å². The van der Waals surface area contributed by atoms with E-state index in [2.05, 4.69) is 44.0 Å². The number of Topliss-reactive ketones (excluding diaryl/α,β-unsaturated/α-hetero) is 2. The fraction of sp³-hybridized carbons (Fsp3) is 0.612. The van der Waals surface area contributed by atoms with Gasteiger partial charge in [-0.25, -0.2) is 26.8 Å². The van der Waals surface area contributed by atoms with Crippen molar-refractivity contribution in [3.05, 3.63) is 97.4 Å². The first-order valence-corrected chi connectivity index (χ1v) is 42.9. The maximum atomic E-state index is 14.2. The Hall–Kier alpha value is -9.43. The van der Waals surface area contributed by atoms with Gasteiger partial charge in [-0.1, -0.05) is 55.0 Å². The van der Waals surface area contributed by atoms with Crippen LogP contribution in [0.3, 0.4) is 0 Å². The molecule has 12 N–H and O–H groups in total. The molecule has 4 heterocycles. The second-order valence-corrected chi connectivity index (χ2v) is 38.8. The van der Waals surface area contributed by atoms with Crippen LogP contribution in [0.15, 0.2) is 86.2 Å². The molecule has 3 amide bonds. The average Bonchev–Trinajstić information content (AvgIpc) is 1.58. The highest BCUT2D eigenvalue weighted by molar-refractivity contribution is 7.91. The fourth-order valence-corrected chi connectivity index (χ4v) is 16.4. The summed E-state index contributed by atoms with van der Waals surface area (Å²) in [6.45, 7) is 32.6. The summed E-state index contributed by atoms with van der Waals surface area (Å²) in [5.74, 6) is -11.2. The van der Waals surface area contributed by atoms with Crippen LogP contribution in [0.4, 0.5) is 0 Å². The molecule has 2 saturated heterocycles. The number of ether oxygens (including phenoxy) is 5. The number of carboxylic acid groups (broad SMARTS) is 3. The minimum absolute atomic E-state index is 0.